The Balaban J connectivity index is 3.85. The van der Waals surface area contributed by atoms with Gasteiger partial charge in [0.1, 0.15) is 6.61 Å². The van der Waals surface area contributed by atoms with E-state index in [-0.39, 0.29) is 38.6 Å². The first-order chi connectivity index (χ1) is 38.8. The van der Waals surface area contributed by atoms with E-state index < -0.39 is 26.5 Å². The van der Waals surface area contributed by atoms with Gasteiger partial charge in [0.15, 0.2) is 6.10 Å². The molecule has 0 radical (unpaired) electrons. The third kappa shape index (κ3) is 65.0. The largest absolute Gasteiger partial charge is 0.472 e. The SMILES string of the molecule is CCCCCCC/C=C\C/C=C\CCCCCCCCCCCCCCCCCCCCCC(=O)OC(COC(=O)CCCCCCCCCCCCCCCCC/C=C\C/C=C\CCCCCCC)COP(=O)(O)OCCN. The van der Waals surface area contributed by atoms with Crippen molar-refractivity contribution in [2.24, 2.45) is 5.73 Å². The Bertz CT molecular complexity index is 1430. The van der Waals surface area contributed by atoms with Crippen LogP contribution in [0.3, 0.4) is 0 Å². The molecule has 464 valence electrons. The first-order valence-electron chi connectivity index (χ1n) is 34.1. The van der Waals surface area contributed by atoms with E-state index in [4.69, 9.17) is 24.3 Å². The number of allylic oxidation sites excluding steroid dienone is 8. The van der Waals surface area contributed by atoms with Gasteiger partial charge < -0.3 is 20.1 Å². The zero-order valence-electron chi connectivity index (χ0n) is 52.1. The molecule has 0 aliphatic carbocycles. The Morgan fingerprint density at radius 2 is 0.658 bits per heavy atom. The van der Waals surface area contributed by atoms with Crippen LogP contribution in [-0.4, -0.2) is 49.3 Å². The summed E-state index contributed by atoms with van der Waals surface area (Å²) in [4.78, 5) is 35.3. The molecular weight excluding hydrogens is 1000 g/mol. The average molecular weight is 1130 g/mol. The summed E-state index contributed by atoms with van der Waals surface area (Å²) in [6.45, 7) is 3.78. The fraction of sp³-hybridized carbons (Fsp3) is 0.855. The molecule has 0 aliphatic rings. The second-order valence-electron chi connectivity index (χ2n) is 23.0. The molecule has 0 spiro atoms. The molecule has 0 rings (SSSR count). The molecule has 0 saturated carbocycles. The molecular formula is C69H130NO8P. The number of carbonyl (C=O) groups excluding carboxylic acids is 2. The van der Waals surface area contributed by atoms with Gasteiger partial charge >= 0.3 is 19.8 Å². The van der Waals surface area contributed by atoms with Crippen molar-refractivity contribution in [3.05, 3.63) is 48.6 Å². The van der Waals surface area contributed by atoms with Gasteiger partial charge in [-0.25, -0.2) is 4.57 Å². The Labute approximate surface area is 489 Å². The van der Waals surface area contributed by atoms with Gasteiger partial charge in [-0.3, -0.25) is 18.6 Å². The van der Waals surface area contributed by atoms with Crippen LogP contribution in [0.4, 0.5) is 0 Å². The maximum Gasteiger partial charge on any atom is 0.472 e. The molecule has 3 N–H and O–H groups in total. The third-order valence-corrected chi connectivity index (χ3v) is 16.2. The van der Waals surface area contributed by atoms with Gasteiger partial charge in [-0.2, -0.15) is 0 Å². The van der Waals surface area contributed by atoms with E-state index in [1.54, 1.807) is 0 Å². The standard InChI is InChI=1S/C69H130NO8P/c1-3-5-7-9-11-13-15-17-19-21-23-25-27-29-31-32-33-34-36-38-40-42-44-46-48-50-52-54-56-58-60-62-69(72)78-67(66-77-79(73,74)76-64-63-70)65-75-68(71)61-59-57-55-53-51-49-47-45-43-41-39-37-35-30-28-26-24-22-20-18-16-14-12-10-8-6-4-2/h15-18,21-24,67H,3-14,19-20,25-66,70H2,1-2H3,(H,73,74)/b17-15-,18-16-,23-21-,24-22-. The van der Waals surface area contributed by atoms with E-state index in [0.717, 1.165) is 44.9 Å². The van der Waals surface area contributed by atoms with Crippen molar-refractivity contribution in [1.82, 2.24) is 0 Å². The van der Waals surface area contributed by atoms with Gasteiger partial charge in [0.25, 0.3) is 0 Å². The Morgan fingerprint density at radius 1 is 0.380 bits per heavy atom. The average Bonchev–Trinajstić information content (AvgIpc) is 3.44. The first kappa shape index (κ1) is 77.0. The number of hydrogen-bond donors (Lipinski definition) is 2. The normalized spacial score (nSPS) is 13.2. The van der Waals surface area contributed by atoms with E-state index in [1.165, 1.54) is 270 Å². The highest BCUT2D eigenvalue weighted by atomic mass is 31.2. The van der Waals surface area contributed by atoms with Crippen LogP contribution in [0, 0.1) is 0 Å². The summed E-state index contributed by atoms with van der Waals surface area (Å²) >= 11 is 0. The number of rotatable bonds is 65. The number of carbonyl (C=O) groups is 2. The summed E-state index contributed by atoms with van der Waals surface area (Å²) in [7, 11) is -4.39. The van der Waals surface area contributed by atoms with Crippen molar-refractivity contribution >= 4 is 19.8 Å². The second kappa shape index (κ2) is 65.1. The highest BCUT2D eigenvalue weighted by Crippen LogP contribution is 2.43. The topological polar surface area (TPSA) is 134 Å². The molecule has 0 fully saturated rings. The van der Waals surface area contributed by atoms with Gasteiger partial charge in [0.05, 0.1) is 13.2 Å². The summed E-state index contributed by atoms with van der Waals surface area (Å²) < 4.78 is 33.2. The highest BCUT2D eigenvalue weighted by Gasteiger charge is 2.26. The summed E-state index contributed by atoms with van der Waals surface area (Å²) in [6.07, 6.45) is 82.0. The van der Waals surface area contributed by atoms with E-state index >= 15 is 0 Å². The predicted molar refractivity (Wildman–Crippen MR) is 340 cm³/mol. The zero-order valence-corrected chi connectivity index (χ0v) is 53.0. The number of unbranched alkanes of at least 4 members (excludes halogenated alkanes) is 44. The third-order valence-electron chi connectivity index (χ3n) is 15.2. The summed E-state index contributed by atoms with van der Waals surface area (Å²) in [5, 5.41) is 0. The van der Waals surface area contributed by atoms with E-state index in [0.29, 0.717) is 6.42 Å². The fourth-order valence-electron chi connectivity index (χ4n) is 10.1. The Hall–Kier alpha value is -2.03. The number of phosphoric ester groups is 1. The van der Waals surface area contributed by atoms with Gasteiger partial charge in [-0.15, -0.1) is 0 Å². The smallest absolute Gasteiger partial charge is 0.462 e. The quantitative estimate of drug-likeness (QED) is 0.0264. The lowest BCUT2D eigenvalue weighted by atomic mass is 10.0. The minimum absolute atomic E-state index is 0.0548. The summed E-state index contributed by atoms with van der Waals surface area (Å²) in [6, 6.07) is 0. The number of nitrogens with two attached hydrogens (primary N) is 1. The van der Waals surface area contributed by atoms with Crippen LogP contribution in [0.2, 0.25) is 0 Å². The Morgan fingerprint density at radius 3 is 0.962 bits per heavy atom. The molecule has 2 atom stereocenters. The van der Waals surface area contributed by atoms with Gasteiger partial charge in [-0.1, -0.05) is 306 Å². The van der Waals surface area contributed by atoms with Crippen LogP contribution in [0.5, 0.6) is 0 Å². The van der Waals surface area contributed by atoms with Gasteiger partial charge in [0, 0.05) is 19.4 Å². The highest BCUT2D eigenvalue weighted by molar-refractivity contribution is 7.47. The zero-order chi connectivity index (χ0) is 57.3. The first-order valence-corrected chi connectivity index (χ1v) is 35.6. The molecule has 0 aliphatic heterocycles. The predicted octanol–water partition coefficient (Wildman–Crippen LogP) is 22.1. The van der Waals surface area contributed by atoms with Crippen molar-refractivity contribution in [3.8, 4) is 0 Å². The molecule has 0 heterocycles. The molecule has 9 nitrogen and oxygen atoms in total. The molecule has 0 amide bonds. The lowest BCUT2D eigenvalue weighted by Gasteiger charge is -2.19. The Kier molecular flexibility index (Phi) is 63.5. The van der Waals surface area contributed by atoms with Crippen LogP contribution in [0.1, 0.15) is 348 Å². The fourth-order valence-corrected chi connectivity index (χ4v) is 10.9. The molecule has 0 aromatic carbocycles. The number of hydrogen-bond acceptors (Lipinski definition) is 8. The molecule has 10 heteroatoms. The molecule has 79 heavy (non-hydrogen) atoms. The lowest BCUT2D eigenvalue weighted by Crippen LogP contribution is -2.29. The number of phosphoric acid groups is 1. The summed E-state index contributed by atoms with van der Waals surface area (Å²) in [5.41, 5.74) is 5.40. The van der Waals surface area contributed by atoms with Crippen molar-refractivity contribution in [2.45, 2.75) is 354 Å². The van der Waals surface area contributed by atoms with Crippen LogP contribution >= 0.6 is 7.82 Å². The van der Waals surface area contributed by atoms with Crippen molar-refractivity contribution in [1.29, 1.82) is 0 Å². The van der Waals surface area contributed by atoms with Gasteiger partial charge in [-0.05, 0) is 77.0 Å². The van der Waals surface area contributed by atoms with E-state index in [2.05, 4.69) is 62.5 Å². The number of ether oxygens (including phenoxy) is 2. The molecule has 0 aromatic rings. The summed E-state index contributed by atoms with van der Waals surface area (Å²) in [5.74, 6) is -0.810. The molecule has 0 bridgehead atoms. The van der Waals surface area contributed by atoms with Crippen LogP contribution in [0.25, 0.3) is 0 Å². The van der Waals surface area contributed by atoms with Crippen molar-refractivity contribution < 1.29 is 37.6 Å². The van der Waals surface area contributed by atoms with E-state index in [1.807, 2.05) is 0 Å². The molecule has 2 unspecified atom stereocenters. The van der Waals surface area contributed by atoms with Gasteiger partial charge in [0.2, 0.25) is 0 Å². The minimum Gasteiger partial charge on any atom is -0.462 e. The maximum absolute atomic E-state index is 12.8. The van der Waals surface area contributed by atoms with Crippen LogP contribution in [0.15, 0.2) is 48.6 Å². The van der Waals surface area contributed by atoms with Crippen molar-refractivity contribution in [2.75, 3.05) is 26.4 Å². The maximum atomic E-state index is 12.8. The van der Waals surface area contributed by atoms with E-state index in [9.17, 15) is 19.0 Å². The van der Waals surface area contributed by atoms with Crippen LogP contribution < -0.4 is 5.73 Å². The monoisotopic (exact) mass is 1130 g/mol. The van der Waals surface area contributed by atoms with Crippen LogP contribution in [-0.2, 0) is 32.7 Å². The number of esters is 2. The molecule has 0 aromatic heterocycles. The lowest BCUT2D eigenvalue weighted by molar-refractivity contribution is -0.161. The van der Waals surface area contributed by atoms with Crippen molar-refractivity contribution in [3.63, 3.8) is 0 Å². The minimum atomic E-state index is -4.39. The molecule has 0 saturated heterocycles. The second-order valence-corrected chi connectivity index (χ2v) is 24.5.